The number of benzene rings is 2. The summed E-state index contributed by atoms with van der Waals surface area (Å²) < 4.78 is 17.8. The number of amides is 2. The van der Waals surface area contributed by atoms with Gasteiger partial charge in [-0.1, -0.05) is 54.6 Å². The Balaban J connectivity index is 0.000000269. The fraction of sp³-hybridized carbons (Fsp3) is 0.357. The summed E-state index contributed by atoms with van der Waals surface area (Å²) in [6.07, 6.45) is 8.12. The van der Waals surface area contributed by atoms with Gasteiger partial charge in [-0.2, -0.15) is 0 Å². The number of ether oxygens (including phenoxy) is 1. The van der Waals surface area contributed by atoms with Crippen LogP contribution in [0.25, 0.3) is 0 Å². The van der Waals surface area contributed by atoms with Crippen LogP contribution in [0.15, 0.2) is 78.5 Å². The van der Waals surface area contributed by atoms with Crippen molar-refractivity contribution in [3.05, 3.63) is 95.5 Å². The molecule has 1 atom stereocenters. The Morgan fingerprint density at radius 3 is 2.46 bits per heavy atom. The third-order valence-electron chi connectivity index (χ3n) is 5.24. The first kappa shape index (κ1) is 27.6. The first-order chi connectivity index (χ1) is 16.7. The molecule has 2 amide bonds. The average Bonchev–Trinajstić information content (AvgIpc) is 2.80. The number of allylic oxidation sites excluding steroid dienone is 1. The lowest BCUT2D eigenvalue weighted by Crippen LogP contribution is -2.40. The van der Waals surface area contributed by atoms with E-state index in [1.807, 2.05) is 58.2 Å². The lowest BCUT2D eigenvalue weighted by molar-refractivity contribution is -0.110. The lowest BCUT2D eigenvalue weighted by Gasteiger charge is -2.23. The molecule has 1 aliphatic heterocycles. The monoisotopic (exact) mass is 481 g/mol. The molecule has 0 radical (unpaired) electrons. The first-order valence-corrected chi connectivity index (χ1v) is 11.7. The van der Waals surface area contributed by atoms with Gasteiger partial charge in [-0.25, -0.2) is 9.18 Å². The van der Waals surface area contributed by atoms with Crippen LogP contribution in [0.3, 0.4) is 0 Å². The van der Waals surface area contributed by atoms with Crippen molar-refractivity contribution in [2.45, 2.75) is 51.8 Å². The van der Waals surface area contributed by atoms with Crippen molar-refractivity contribution >= 4 is 12.5 Å². The van der Waals surface area contributed by atoms with E-state index in [0.717, 1.165) is 24.1 Å². The topological polar surface area (TPSA) is 70.7 Å². The molecular weight excluding hydrogens is 445 g/mol. The molecule has 0 bridgehead atoms. The summed E-state index contributed by atoms with van der Waals surface area (Å²) in [5, 5.41) is 5.57. The van der Waals surface area contributed by atoms with Crippen molar-refractivity contribution < 1.29 is 18.7 Å². The molecule has 1 aliphatic rings. The Kier molecular flexibility index (Phi) is 11.0. The normalized spacial score (nSPS) is 13.6. The number of carbonyl (C=O) groups is 2. The van der Waals surface area contributed by atoms with Crippen molar-refractivity contribution in [1.82, 2.24) is 15.5 Å². The number of alkyl carbamates (subject to hydrolysis) is 1. The summed E-state index contributed by atoms with van der Waals surface area (Å²) in [6.45, 7) is 7.05. The minimum absolute atomic E-state index is 0.0377. The van der Waals surface area contributed by atoms with Crippen molar-refractivity contribution in [3.63, 3.8) is 0 Å². The second kappa shape index (κ2) is 13.9. The molecule has 188 valence electrons. The molecule has 3 rings (SSSR count). The zero-order chi connectivity index (χ0) is 25.7. The second-order valence-electron chi connectivity index (χ2n) is 9.31. The second-order valence-corrected chi connectivity index (χ2v) is 9.31. The number of rotatable bonds is 9. The summed E-state index contributed by atoms with van der Waals surface area (Å²) in [5.41, 5.74) is 2.91. The Morgan fingerprint density at radius 1 is 1.14 bits per heavy atom. The average molecular weight is 482 g/mol. The number of nitrogens with one attached hydrogen (secondary N) is 2. The number of hydrogen-bond donors (Lipinski definition) is 2. The quantitative estimate of drug-likeness (QED) is 0.496. The summed E-state index contributed by atoms with van der Waals surface area (Å²) in [4.78, 5) is 24.2. The van der Waals surface area contributed by atoms with Gasteiger partial charge < -0.3 is 20.3 Å². The van der Waals surface area contributed by atoms with Gasteiger partial charge in [-0.05, 0) is 62.4 Å². The number of halogens is 1. The van der Waals surface area contributed by atoms with Crippen molar-refractivity contribution in [2.75, 3.05) is 13.6 Å². The van der Waals surface area contributed by atoms with Crippen LogP contribution in [0.2, 0.25) is 0 Å². The predicted molar refractivity (Wildman–Crippen MR) is 137 cm³/mol. The van der Waals surface area contributed by atoms with Crippen LogP contribution in [-0.4, -0.2) is 42.6 Å². The zero-order valence-corrected chi connectivity index (χ0v) is 21.0. The zero-order valence-electron chi connectivity index (χ0n) is 21.0. The van der Waals surface area contributed by atoms with Crippen molar-refractivity contribution in [3.8, 4) is 0 Å². The molecular formula is C28H36FN3O3. The molecule has 0 saturated heterocycles. The molecule has 6 nitrogen and oxygen atoms in total. The summed E-state index contributed by atoms with van der Waals surface area (Å²) in [5.74, 6) is -0.241. The highest BCUT2D eigenvalue weighted by atomic mass is 19.1. The van der Waals surface area contributed by atoms with Gasteiger partial charge in [0.15, 0.2) is 0 Å². The lowest BCUT2D eigenvalue weighted by atomic mass is 9.95. The SMILES string of the molecule is CC(C)(Cc1ccc(F)cc1)NC=O.CC(CC1=CN(C)CC=C1)NC(=O)OCc1ccccc1. The van der Waals surface area contributed by atoms with Crippen LogP contribution < -0.4 is 10.6 Å². The van der Waals surface area contributed by atoms with E-state index in [0.29, 0.717) is 19.4 Å². The van der Waals surface area contributed by atoms with Gasteiger partial charge in [-0.15, -0.1) is 0 Å². The molecule has 0 aromatic heterocycles. The van der Waals surface area contributed by atoms with Crippen LogP contribution >= 0.6 is 0 Å². The minimum atomic E-state index is -0.375. The molecule has 2 N–H and O–H groups in total. The van der Waals surface area contributed by atoms with E-state index in [9.17, 15) is 14.0 Å². The van der Waals surface area contributed by atoms with Gasteiger partial charge in [-0.3, -0.25) is 4.79 Å². The molecule has 0 spiro atoms. The van der Waals surface area contributed by atoms with Crippen molar-refractivity contribution in [1.29, 1.82) is 0 Å². The largest absolute Gasteiger partial charge is 0.445 e. The van der Waals surface area contributed by atoms with Crippen LogP contribution in [0.5, 0.6) is 0 Å². The van der Waals surface area contributed by atoms with Crippen LogP contribution in [0.4, 0.5) is 9.18 Å². The molecule has 1 unspecified atom stereocenters. The molecule has 35 heavy (non-hydrogen) atoms. The smallest absolute Gasteiger partial charge is 0.407 e. The predicted octanol–water partition coefficient (Wildman–Crippen LogP) is 4.97. The highest BCUT2D eigenvalue weighted by Gasteiger charge is 2.16. The summed E-state index contributed by atoms with van der Waals surface area (Å²) >= 11 is 0. The van der Waals surface area contributed by atoms with Gasteiger partial charge >= 0.3 is 6.09 Å². The van der Waals surface area contributed by atoms with Gasteiger partial charge in [0.05, 0.1) is 0 Å². The molecule has 0 aliphatic carbocycles. The fourth-order valence-corrected chi connectivity index (χ4v) is 3.56. The van der Waals surface area contributed by atoms with E-state index in [-0.39, 0.29) is 23.5 Å². The maximum absolute atomic E-state index is 12.6. The highest BCUT2D eigenvalue weighted by Crippen LogP contribution is 2.13. The Labute approximate surface area is 207 Å². The number of nitrogens with zero attached hydrogens (tertiary/aromatic N) is 1. The highest BCUT2D eigenvalue weighted by molar-refractivity contribution is 5.67. The van der Waals surface area contributed by atoms with E-state index in [1.54, 1.807) is 12.1 Å². The van der Waals surface area contributed by atoms with E-state index < -0.39 is 0 Å². The van der Waals surface area contributed by atoms with E-state index in [4.69, 9.17) is 4.74 Å². The van der Waals surface area contributed by atoms with Crippen LogP contribution in [0, 0.1) is 5.82 Å². The molecule has 1 heterocycles. The number of likely N-dealkylation sites (N-methyl/N-ethyl adjacent to an activating group) is 1. The van der Waals surface area contributed by atoms with Gasteiger partial charge in [0.1, 0.15) is 12.4 Å². The van der Waals surface area contributed by atoms with E-state index in [2.05, 4.69) is 33.9 Å². The maximum atomic E-state index is 12.6. The van der Waals surface area contributed by atoms with Gasteiger partial charge in [0.25, 0.3) is 0 Å². The molecule has 0 saturated carbocycles. The third kappa shape index (κ3) is 11.4. The van der Waals surface area contributed by atoms with E-state index >= 15 is 0 Å². The summed E-state index contributed by atoms with van der Waals surface area (Å²) in [7, 11) is 2.04. The van der Waals surface area contributed by atoms with Gasteiger partial charge in [0, 0.05) is 31.4 Å². The minimum Gasteiger partial charge on any atom is -0.445 e. The Bertz CT molecular complexity index is 988. The van der Waals surface area contributed by atoms with Gasteiger partial charge in [0.2, 0.25) is 6.41 Å². The third-order valence-corrected chi connectivity index (χ3v) is 5.24. The summed E-state index contributed by atoms with van der Waals surface area (Å²) in [6, 6.07) is 16.0. The molecule has 2 aromatic carbocycles. The van der Waals surface area contributed by atoms with Crippen LogP contribution in [0.1, 0.15) is 38.3 Å². The van der Waals surface area contributed by atoms with E-state index in [1.165, 1.54) is 17.7 Å². The number of carbonyl (C=O) groups excluding carboxylic acids is 2. The maximum Gasteiger partial charge on any atom is 0.407 e. The molecule has 7 heteroatoms. The first-order valence-electron chi connectivity index (χ1n) is 11.7. The fourth-order valence-electron chi connectivity index (χ4n) is 3.56. The van der Waals surface area contributed by atoms with Crippen LogP contribution in [-0.2, 0) is 22.6 Å². The number of hydrogen-bond acceptors (Lipinski definition) is 4. The van der Waals surface area contributed by atoms with Crippen molar-refractivity contribution in [2.24, 2.45) is 0 Å². The standard InChI is InChI=1S/C17H22N2O2.C11H14FNO/c1-14(11-16-9-6-10-19(2)12-16)18-17(20)21-13-15-7-4-3-5-8-15;1-11(2,13-8-14)7-9-3-5-10(12)6-4-9/h3-9,12,14H,10-11,13H2,1-2H3,(H,18,20);3-6,8H,7H2,1-2H3,(H,13,14). The molecule has 2 aromatic rings. The Morgan fingerprint density at radius 2 is 1.83 bits per heavy atom. The molecule has 0 fully saturated rings. The Hall–Kier alpha value is -3.61.